The zero-order valence-corrected chi connectivity index (χ0v) is 33.7. The van der Waals surface area contributed by atoms with Gasteiger partial charge in [-0.05, 0) is 105 Å². The molecule has 5 aliphatic heterocycles. The van der Waals surface area contributed by atoms with E-state index in [1.54, 1.807) is 12.3 Å². The number of primary amides is 1. The average Bonchev–Trinajstić information content (AvgIpc) is 3.97. The third kappa shape index (κ3) is 8.46. The number of piperidine rings is 4. The van der Waals surface area contributed by atoms with Crippen molar-refractivity contribution in [1.29, 1.82) is 0 Å². The van der Waals surface area contributed by atoms with Crippen LogP contribution in [0.15, 0.2) is 54.7 Å². The summed E-state index contributed by atoms with van der Waals surface area (Å²) in [6.45, 7) is 7.49. The van der Waals surface area contributed by atoms with Gasteiger partial charge in [0.25, 0.3) is 11.8 Å². The lowest BCUT2D eigenvalue weighted by Crippen LogP contribution is -2.52. The maximum atomic E-state index is 15.9. The van der Waals surface area contributed by atoms with Crippen LogP contribution in [0.25, 0.3) is 22.2 Å². The number of aromatic nitrogens is 2. The summed E-state index contributed by atoms with van der Waals surface area (Å²) in [5, 5.41) is 7.41. The van der Waals surface area contributed by atoms with Crippen LogP contribution in [0.1, 0.15) is 83.7 Å². The van der Waals surface area contributed by atoms with Gasteiger partial charge in [0.05, 0.1) is 47.8 Å². The number of H-pyrrole nitrogens is 1. The first-order valence-corrected chi connectivity index (χ1v) is 21.3. The van der Waals surface area contributed by atoms with Gasteiger partial charge in [-0.3, -0.25) is 24.5 Å². The molecule has 2 aromatic carbocycles. The topological polar surface area (TPSA) is 178 Å². The van der Waals surface area contributed by atoms with Gasteiger partial charge in [0.2, 0.25) is 11.8 Å². The largest absolute Gasteiger partial charge is 0.370 e. The van der Waals surface area contributed by atoms with E-state index in [1.165, 1.54) is 11.6 Å². The van der Waals surface area contributed by atoms with Crippen molar-refractivity contribution in [2.75, 3.05) is 68.8 Å². The summed E-state index contributed by atoms with van der Waals surface area (Å²) in [4.78, 5) is 73.8. The normalized spacial score (nSPS) is 22.7. The molecular formula is C44H52FN9O6. The van der Waals surface area contributed by atoms with E-state index in [-0.39, 0.29) is 36.0 Å². The van der Waals surface area contributed by atoms with Crippen molar-refractivity contribution in [3.8, 4) is 11.3 Å². The van der Waals surface area contributed by atoms with Gasteiger partial charge in [-0.2, -0.15) is 0 Å². The highest BCUT2D eigenvalue weighted by Crippen LogP contribution is 2.38. The van der Waals surface area contributed by atoms with Crippen LogP contribution in [0.2, 0.25) is 0 Å². The standard InChI is InChI=1S/C44H52FN9O6/c45-35-22-34(42(46)56)40-33(41(35)53-15-1-2-32(26-53)54-20-21-59-60-54)23-38(48-40)30-5-3-28(4-6-30)29-13-16-51(17-14-29)25-27-11-18-52(19-12-27)31-7-8-36(47-24-31)43(57)49-37-9-10-39(55)50-44(37)58/h3-8,22-24,27,29,32,37,48H,1-2,9-21,25-26H2,(H2,46,56)(H,49,57)(H,50,55,58). The second kappa shape index (κ2) is 17.3. The van der Waals surface area contributed by atoms with Gasteiger partial charge in [0.1, 0.15) is 17.6 Å². The minimum Gasteiger partial charge on any atom is -0.370 e. The molecule has 5 fully saturated rings. The highest BCUT2D eigenvalue weighted by molar-refractivity contribution is 6.10. The number of nitrogens with zero attached hydrogens (tertiary/aromatic N) is 5. The number of hydroxylamine groups is 2. The summed E-state index contributed by atoms with van der Waals surface area (Å²) in [7, 11) is 0. The summed E-state index contributed by atoms with van der Waals surface area (Å²) in [5.74, 6) is -1.28. The van der Waals surface area contributed by atoms with E-state index in [2.05, 4.69) is 54.7 Å². The SMILES string of the molecule is NC(=O)c1cc(F)c(N2CCCC(N3CCOO3)C2)c2cc(-c3ccc(C4CCN(CC5CCN(c6ccc(C(=O)NC7CCC(=O)NC7=O)nc6)CC5)CC4)cc3)[nH]c12. The lowest BCUT2D eigenvalue weighted by Gasteiger charge is -2.38. The highest BCUT2D eigenvalue weighted by atomic mass is 19.1. The molecule has 0 aliphatic carbocycles. The zero-order chi connectivity index (χ0) is 41.3. The molecule has 0 radical (unpaired) electrons. The molecule has 316 valence electrons. The molecule has 2 aromatic heterocycles. The molecular weight excluding hydrogens is 770 g/mol. The molecule has 2 atom stereocenters. The van der Waals surface area contributed by atoms with Crippen molar-refractivity contribution in [2.45, 2.75) is 69.4 Å². The molecule has 60 heavy (non-hydrogen) atoms. The van der Waals surface area contributed by atoms with Crippen LogP contribution in [0, 0.1) is 11.7 Å². The van der Waals surface area contributed by atoms with Crippen molar-refractivity contribution in [3.63, 3.8) is 0 Å². The Hall–Kier alpha value is -5.42. The second-order valence-corrected chi connectivity index (χ2v) is 16.9. The first-order valence-electron chi connectivity index (χ1n) is 21.3. The number of benzene rings is 2. The van der Waals surface area contributed by atoms with E-state index < -0.39 is 29.6 Å². The monoisotopic (exact) mass is 821 g/mol. The van der Waals surface area contributed by atoms with Crippen molar-refractivity contribution < 1.29 is 33.4 Å². The maximum Gasteiger partial charge on any atom is 0.270 e. The Morgan fingerprint density at radius 2 is 1.72 bits per heavy atom. The van der Waals surface area contributed by atoms with Gasteiger partial charge in [-0.25, -0.2) is 14.3 Å². The van der Waals surface area contributed by atoms with E-state index in [0.29, 0.717) is 54.7 Å². The smallest absolute Gasteiger partial charge is 0.270 e. The molecule has 16 heteroatoms. The van der Waals surface area contributed by atoms with Gasteiger partial charge in [-0.1, -0.05) is 24.3 Å². The van der Waals surface area contributed by atoms with E-state index in [4.69, 9.17) is 15.6 Å². The van der Waals surface area contributed by atoms with Gasteiger partial charge in [-0.15, -0.1) is 10.1 Å². The van der Waals surface area contributed by atoms with Gasteiger partial charge >= 0.3 is 0 Å². The molecule has 9 rings (SSSR count). The number of aromatic amines is 1. The Bertz CT molecular complexity index is 2230. The number of anilines is 2. The Kier molecular flexibility index (Phi) is 11.5. The minimum absolute atomic E-state index is 0.0677. The molecule has 0 saturated carbocycles. The van der Waals surface area contributed by atoms with Gasteiger partial charge in [0, 0.05) is 50.2 Å². The molecule has 0 spiro atoms. The first-order chi connectivity index (χ1) is 29.2. The van der Waals surface area contributed by atoms with E-state index in [9.17, 15) is 19.2 Å². The number of nitrogens with two attached hydrogens (primary N) is 1. The molecule has 5 N–H and O–H groups in total. The molecule has 5 saturated heterocycles. The number of imide groups is 1. The third-order valence-corrected chi connectivity index (χ3v) is 13.1. The molecule has 5 aliphatic rings. The minimum atomic E-state index is -0.733. The van der Waals surface area contributed by atoms with Crippen LogP contribution >= 0.6 is 0 Å². The number of hydrogen-bond acceptors (Lipinski definition) is 11. The zero-order valence-electron chi connectivity index (χ0n) is 33.7. The number of amides is 4. The van der Waals surface area contributed by atoms with Crippen LogP contribution in [0.4, 0.5) is 15.8 Å². The number of fused-ring (bicyclic) bond motifs is 1. The number of hydrogen-bond donors (Lipinski definition) is 4. The lowest BCUT2D eigenvalue weighted by molar-refractivity contribution is -0.380. The predicted molar refractivity (Wildman–Crippen MR) is 222 cm³/mol. The van der Waals surface area contributed by atoms with Crippen molar-refractivity contribution in [3.05, 3.63) is 77.4 Å². The quantitative estimate of drug-likeness (QED) is 0.133. The fourth-order valence-corrected chi connectivity index (χ4v) is 9.72. The fraction of sp³-hybridized carbons (Fsp3) is 0.477. The summed E-state index contributed by atoms with van der Waals surface area (Å²) in [6, 6.07) is 14.8. The number of halogens is 1. The Morgan fingerprint density at radius 3 is 2.42 bits per heavy atom. The van der Waals surface area contributed by atoms with Crippen molar-refractivity contribution in [1.82, 2.24) is 30.6 Å². The van der Waals surface area contributed by atoms with Crippen LogP contribution in [0.5, 0.6) is 0 Å². The number of carbonyl (C=O) groups excluding carboxylic acids is 4. The number of likely N-dealkylation sites (tertiary alicyclic amines) is 1. The number of nitrogens with one attached hydrogen (secondary N) is 3. The average molecular weight is 822 g/mol. The van der Waals surface area contributed by atoms with Crippen LogP contribution in [-0.2, 0) is 19.5 Å². The number of rotatable bonds is 10. The third-order valence-electron chi connectivity index (χ3n) is 13.1. The first kappa shape index (κ1) is 40.0. The summed E-state index contributed by atoms with van der Waals surface area (Å²) >= 11 is 0. The summed E-state index contributed by atoms with van der Waals surface area (Å²) in [6.07, 6.45) is 8.36. The highest BCUT2D eigenvalue weighted by Gasteiger charge is 2.33. The van der Waals surface area contributed by atoms with Gasteiger partial charge < -0.3 is 30.7 Å². The second-order valence-electron chi connectivity index (χ2n) is 16.9. The predicted octanol–water partition coefficient (Wildman–Crippen LogP) is 4.25. The fourth-order valence-electron chi connectivity index (χ4n) is 9.72. The molecule has 2 unspecified atom stereocenters. The molecule has 0 bridgehead atoms. The number of carbonyl (C=O) groups is 4. The summed E-state index contributed by atoms with van der Waals surface area (Å²) in [5.41, 5.74) is 11.2. The maximum absolute atomic E-state index is 15.9. The van der Waals surface area contributed by atoms with Crippen LogP contribution in [-0.4, -0.2) is 115 Å². The molecule has 15 nitrogen and oxygen atoms in total. The van der Waals surface area contributed by atoms with E-state index in [0.717, 1.165) is 88.2 Å². The molecule has 7 heterocycles. The van der Waals surface area contributed by atoms with Crippen molar-refractivity contribution >= 4 is 45.9 Å². The van der Waals surface area contributed by atoms with Gasteiger partial charge in [0.15, 0.2) is 0 Å². The Balaban J connectivity index is 0.774. The Labute approximate surface area is 347 Å². The molecule has 4 amide bonds. The Morgan fingerprint density at radius 1 is 0.917 bits per heavy atom. The van der Waals surface area contributed by atoms with E-state index in [1.807, 2.05) is 22.1 Å². The van der Waals surface area contributed by atoms with Crippen LogP contribution in [0.3, 0.4) is 0 Å². The number of pyridine rings is 1. The lowest BCUT2D eigenvalue weighted by atomic mass is 9.87. The molecule has 4 aromatic rings. The van der Waals surface area contributed by atoms with E-state index >= 15 is 4.39 Å². The van der Waals surface area contributed by atoms with Crippen LogP contribution < -0.4 is 26.2 Å². The van der Waals surface area contributed by atoms with Crippen molar-refractivity contribution in [2.24, 2.45) is 11.7 Å². The summed E-state index contributed by atoms with van der Waals surface area (Å²) < 4.78 is 15.9.